The van der Waals surface area contributed by atoms with E-state index in [1.54, 1.807) is 29.9 Å². The highest BCUT2D eigenvalue weighted by molar-refractivity contribution is 6.33. The van der Waals surface area contributed by atoms with E-state index >= 15 is 0 Å². The molecule has 5 nitrogen and oxygen atoms in total. The summed E-state index contributed by atoms with van der Waals surface area (Å²) in [5, 5.41) is 6.97. The van der Waals surface area contributed by atoms with Crippen LogP contribution in [0.3, 0.4) is 0 Å². The maximum atomic E-state index is 12.9. The number of amides is 1. The van der Waals surface area contributed by atoms with Crippen LogP contribution in [0.5, 0.6) is 0 Å². The van der Waals surface area contributed by atoms with E-state index in [0.717, 1.165) is 17.7 Å². The summed E-state index contributed by atoms with van der Waals surface area (Å²) in [6.07, 6.45) is -0.984. The molecule has 1 heterocycles. The van der Waals surface area contributed by atoms with Crippen LogP contribution in [-0.4, -0.2) is 33.7 Å². The maximum Gasteiger partial charge on any atom is 0.416 e. The number of hydrogen-bond donors (Lipinski definition) is 1. The molecule has 1 amide bonds. The van der Waals surface area contributed by atoms with Crippen molar-refractivity contribution in [2.24, 2.45) is 13.0 Å². The number of alkyl halides is 3. The summed E-state index contributed by atoms with van der Waals surface area (Å²) in [5.74, 6) is -0.294. The highest BCUT2D eigenvalue weighted by Gasteiger charge is 2.32. The van der Waals surface area contributed by atoms with Crippen molar-refractivity contribution >= 4 is 23.2 Å². The lowest BCUT2D eigenvalue weighted by atomic mass is 10.0. The summed E-state index contributed by atoms with van der Waals surface area (Å²) in [6.45, 7) is 4.08. The van der Waals surface area contributed by atoms with E-state index in [2.05, 4.69) is 10.4 Å². The number of nitrogens with one attached hydrogen (secondary N) is 1. The third kappa shape index (κ3) is 5.38. The Bertz CT molecular complexity index is 804. The van der Waals surface area contributed by atoms with E-state index in [-0.39, 0.29) is 22.5 Å². The molecule has 0 unspecified atom stereocenters. The number of rotatable bonds is 6. The molecule has 0 aliphatic carbocycles. The largest absolute Gasteiger partial charge is 0.416 e. The molecule has 2 rings (SSSR count). The van der Waals surface area contributed by atoms with Crippen molar-refractivity contribution in [1.29, 1.82) is 0 Å². The predicted octanol–water partition coefficient (Wildman–Crippen LogP) is 4.19. The van der Waals surface area contributed by atoms with Gasteiger partial charge in [-0.3, -0.25) is 9.48 Å². The minimum Gasteiger partial charge on any atom is -0.372 e. The molecule has 1 N–H and O–H groups in total. The van der Waals surface area contributed by atoms with E-state index in [1.807, 2.05) is 20.0 Å². The van der Waals surface area contributed by atoms with E-state index in [1.165, 1.54) is 6.07 Å². The molecule has 0 aliphatic heterocycles. The topological polar surface area (TPSA) is 50.2 Å². The molecule has 0 saturated carbocycles. The van der Waals surface area contributed by atoms with Gasteiger partial charge in [-0.15, -0.1) is 0 Å². The van der Waals surface area contributed by atoms with Crippen molar-refractivity contribution < 1.29 is 18.0 Å². The van der Waals surface area contributed by atoms with Gasteiger partial charge in [0.05, 0.1) is 22.5 Å². The van der Waals surface area contributed by atoms with Gasteiger partial charge in [-0.1, -0.05) is 25.4 Å². The van der Waals surface area contributed by atoms with Crippen molar-refractivity contribution in [2.75, 3.05) is 12.4 Å². The van der Waals surface area contributed by atoms with Crippen LogP contribution in [0.4, 0.5) is 18.9 Å². The standard InChI is InChI=1S/C18H22ClF3N4O/c1-11(2)16(17(27)25(3)9-12-8-23-26(4)10-12)24-15-6-5-13(7-14(15)19)18(20,21)22/h5-8,10-11,16,24H,9H2,1-4H3/t16-/m0/s1. The summed E-state index contributed by atoms with van der Waals surface area (Å²) in [5.41, 5.74) is 0.328. The molecule has 0 fully saturated rings. The maximum absolute atomic E-state index is 12.9. The van der Waals surface area contributed by atoms with E-state index in [4.69, 9.17) is 11.6 Å². The highest BCUT2D eigenvalue weighted by Crippen LogP contribution is 2.34. The van der Waals surface area contributed by atoms with Crippen molar-refractivity contribution in [3.63, 3.8) is 0 Å². The number of anilines is 1. The zero-order valence-electron chi connectivity index (χ0n) is 15.5. The molecule has 0 radical (unpaired) electrons. The second kappa shape index (κ2) is 8.21. The first kappa shape index (κ1) is 21.1. The Morgan fingerprint density at radius 3 is 2.52 bits per heavy atom. The molecule has 1 aromatic carbocycles. The second-order valence-corrected chi connectivity index (χ2v) is 7.18. The lowest BCUT2D eigenvalue weighted by molar-refractivity contribution is -0.137. The number of nitrogens with zero attached hydrogens (tertiary/aromatic N) is 3. The fourth-order valence-electron chi connectivity index (χ4n) is 2.63. The van der Waals surface area contributed by atoms with E-state index in [0.29, 0.717) is 6.54 Å². The average molecular weight is 403 g/mol. The van der Waals surface area contributed by atoms with Gasteiger partial charge in [0.15, 0.2) is 0 Å². The quantitative estimate of drug-likeness (QED) is 0.788. The van der Waals surface area contributed by atoms with Crippen LogP contribution < -0.4 is 5.32 Å². The number of benzene rings is 1. The summed E-state index contributed by atoms with van der Waals surface area (Å²) < 4.78 is 40.0. The van der Waals surface area contributed by atoms with Gasteiger partial charge in [-0.05, 0) is 24.1 Å². The molecule has 0 saturated heterocycles. The second-order valence-electron chi connectivity index (χ2n) is 6.77. The molecular formula is C18H22ClF3N4O. The Labute approximate surface area is 161 Å². The first-order valence-corrected chi connectivity index (χ1v) is 8.72. The van der Waals surface area contributed by atoms with Crippen molar-refractivity contribution in [1.82, 2.24) is 14.7 Å². The lowest BCUT2D eigenvalue weighted by Crippen LogP contribution is -2.43. The van der Waals surface area contributed by atoms with Gasteiger partial charge < -0.3 is 10.2 Å². The number of likely N-dealkylation sites (N-methyl/N-ethyl adjacent to an activating group) is 1. The highest BCUT2D eigenvalue weighted by atomic mass is 35.5. The Kier molecular flexibility index (Phi) is 6.41. The number of aromatic nitrogens is 2. The first-order chi connectivity index (χ1) is 12.5. The van der Waals surface area contributed by atoms with Gasteiger partial charge in [0.1, 0.15) is 6.04 Å². The zero-order valence-corrected chi connectivity index (χ0v) is 16.3. The lowest BCUT2D eigenvalue weighted by Gasteiger charge is -2.28. The fraction of sp³-hybridized carbons (Fsp3) is 0.444. The monoisotopic (exact) mass is 402 g/mol. The Morgan fingerprint density at radius 1 is 1.37 bits per heavy atom. The Hall–Kier alpha value is -2.22. The number of halogens is 4. The van der Waals surface area contributed by atoms with Crippen molar-refractivity contribution in [2.45, 2.75) is 32.6 Å². The molecular weight excluding hydrogens is 381 g/mol. The van der Waals surface area contributed by atoms with Gasteiger partial charge in [-0.2, -0.15) is 18.3 Å². The Morgan fingerprint density at radius 2 is 2.04 bits per heavy atom. The molecule has 0 aliphatic rings. The summed E-state index contributed by atoms with van der Waals surface area (Å²) in [7, 11) is 3.46. The smallest absolute Gasteiger partial charge is 0.372 e. The van der Waals surface area contributed by atoms with Crippen LogP contribution in [-0.2, 0) is 24.6 Å². The Balaban J connectivity index is 2.16. The third-order valence-electron chi connectivity index (χ3n) is 4.09. The van der Waals surface area contributed by atoms with Crippen LogP contribution in [0.15, 0.2) is 30.6 Å². The van der Waals surface area contributed by atoms with Crippen LogP contribution >= 0.6 is 11.6 Å². The third-order valence-corrected chi connectivity index (χ3v) is 4.41. The molecule has 27 heavy (non-hydrogen) atoms. The number of hydrogen-bond acceptors (Lipinski definition) is 3. The van der Waals surface area contributed by atoms with Crippen LogP contribution in [0.1, 0.15) is 25.0 Å². The molecule has 0 bridgehead atoms. The predicted molar refractivity (Wildman–Crippen MR) is 98.4 cm³/mol. The molecule has 148 valence electrons. The number of carbonyl (C=O) groups is 1. The molecule has 9 heteroatoms. The minimum absolute atomic E-state index is 0.0850. The van der Waals surface area contributed by atoms with Crippen LogP contribution in [0.2, 0.25) is 5.02 Å². The molecule has 1 atom stereocenters. The van der Waals surface area contributed by atoms with Gasteiger partial charge in [0, 0.05) is 32.4 Å². The number of aryl methyl sites for hydroxylation is 1. The fourth-order valence-corrected chi connectivity index (χ4v) is 2.87. The van der Waals surface area contributed by atoms with Crippen molar-refractivity contribution in [3.8, 4) is 0 Å². The zero-order chi connectivity index (χ0) is 20.4. The van der Waals surface area contributed by atoms with Crippen LogP contribution in [0, 0.1) is 5.92 Å². The van der Waals surface area contributed by atoms with Gasteiger partial charge >= 0.3 is 6.18 Å². The molecule has 0 spiro atoms. The van der Waals surface area contributed by atoms with Gasteiger partial charge in [0.2, 0.25) is 5.91 Å². The SMILES string of the molecule is CC(C)[C@H](Nc1ccc(C(F)(F)F)cc1Cl)C(=O)N(C)Cc1cnn(C)c1. The normalized spacial score (nSPS) is 12.9. The minimum atomic E-state index is -4.47. The average Bonchev–Trinajstić information content (AvgIpc) is 2.96. The number of carbonyl (C=O) groups excluding carboxylic acids is 1. The first-order valence-electron chi connectivity index (χ1n) is 8.35. The molecule has 1 aromatic heterocycles. The summed E-state index contributed by atoms with van der Waals surface area (Å²) in [6, 6.07) is 2.40. The van der Waals surface area contributed by atoms with E-state index < -0.39 is 17.8 Å². The van der Waals surface area contributed by atoms with Gasteiger partial charge in [0.25, 0.3) is 0 Å². The summed E-state index contributed by atoms with van der Waals surface area (Å²) in [4.78, 5) is 14.4. The van der Waals surface area contributed by atoms with Gasteiger partial charge in [-0.25, -0.2) is 0 Å². The summed E-state index contributed by atoms with van der Waals surface area (Å²) >= 11 is 6.00. The van der Waals surface area contributed by atoms with Crippen LogP contribution in [0.25, 0.3) is 0 Å². The van der Waals surface area contributed by atoms with E-state index in [9.17, 15) is 18.0 Å². The van der Waals surface area contributed by atoms with Crippen molar-refractivity contribution in [3.05, 3.63) is 46.7 Å². The molecule has 2 aromatic rings.